The highest BCUT2D eigenvalue weighted by molar-refractivity contribution is 5.79. The molecular weight excluding hydrogens is 290 g/mol. The van der Waals surface area contributed by atoms with Crippen molar-refractivity contribution >= 4 is 11.8 Å². The topological polar surface area (TPSA) is 52.7 Å². The Hall–Kier alpha value is -1.10. The lowest BCUT2D eigenvalue weighted by Gasteiger charge is -2.33. The van der Waals surface area contributed by atoms with Crippen LogP contribution in [0.2, 0.25) is 0 Å². The van der Waals surface area contributed by atoms with Crippen LogP contribution in [0.25, 0.3) is 0 Å². The molecule has 1 N–H and O–H groups in total. The molecule has 2 saturated heterocycles. The van der Waals surface area contributed by atoms with E-state index in [2.05, 4.69) is 22.0 Å². The summed E-state index contributed by atoms with van der Waals surface area (Å²) in [4.78, 5) is 28.8. The Bertz CT molecular complexity index is 370. The van der Waals surface area contributed by atoms with E-state index in [0.29, 0.717) is 12.5 Å². The van der Waals surface area contributed by atoms with Crippen molar-refractivity contribution in [2.75, 3.05) is 39.3 Å². The number of nitrogens with zero attached hydrogens (tertiary/aromatic N) is 2. The largest absolute Gasteiger partial charge is 0.355 e. The van der Waals surface area contributed by atoms with E-state index in [-0.39, 0.29) is 11.8 Å². The fourth-order valence-corrected chi connectivity index (χ4v) is 3.55. The smallest absolute Gasteiger partial charge is 0.234 e. The van der Waals surface area contributed by atoms with Crippen molar-refractivity contribution in [3.05, 3.63) is 0 Å². The van der Waals surface area contributed by atoms with Crippen LogP contribution in [0.5, 0.6) is 0 Å². The van der Waals surface area contributed by atoms with Gasteiger partial charge < -0.3 is 10.2 Å². The van der Waals surface area contributed by atoms with Gasteiger partial charge in [0, 0.05) is 25.6 Å². The maximum absolute atomic E-state index is 12.6. The number of carbonyl (C=O) groups excluding carboxylic acids is 2. The third-order valence-corrected chi connectivity index (χ3v) is 5.07. The van der Waals surface area contributed by atoms with E-state index in [0.717, 1.165) is 71.2 Å². The maximum atomic E-state index is 12.6. The normalized spacial score (nSPS) is 21.0. The van der Waals surface area contributed by atoms with Gasteiger partial charge in [-0.1, -0.05) is 26.2 Å². The summed E-state index contributed by atoms with van der Waals surface area (Å²) in [7, 11) is 0. The molecule has 2 amide bonds. The number of hydrogen-bond acceptors (Lipinski definition) is 3. The van der Waals surface area contributed by atoms with Crippen LogP contribution in [0.15, 0.2) is 0 Å². The second-order valence-electron chi connectivity index (χ2n) is 6.99. The standard InChI is InChI=1S/C18H33N3O2/c1-2-3-10-19-17(22)15-20-13-8-16(9-14-20)18(23)21-11-6-4-5-7-12-21/h16H,2-15H2,1H3,(H,19,22). The van der Waals surface area contributed by atoms with Crippen molar-refractivity contribution in [2.24, 2.45) is 5.92 Å². The Kier molecular flexibility index (Phi) is 7.86. The van der Waals surface area contributed by atoms with Gasteiger partial charge in [0.25, 0.3) is 0 Å². The summed E-state index contributed by atoms with van der Waals surface area (Å²) < 4.78 is 0. The van der Waals surface area contributed by atoms with Gasteiger partial charge in [0.2, 0.25) is 11.8 Å². The summed E-state index contributed by atoms with van der Waals surface area (Å²) in [5, 5.41) is 2.97. The lowest BCUT2D eigenvalue weighted by molar-refractivity contribution is -0.137. The lowest BCUT2D eigenvalue weighted by Crippen LogP contribution is -2.45. The molecule has 0 saturated carbocycles. The monoisotopic (exact) mass is 323 g/mol. The average Bonchev–Trinajstić information content (AvgIpc) is 2.84. The van der Waals surface area contributed by atoms with Crippen LogP contribution in [0.1, 0.15) is 58.3 Å². The third-order valence-electron chi connectivity index (χ3n) is 5.07. The molecule has 0 spiro atoms. The lowest BCUT2D eigenvalue weighted by atomic mass is 9.95. The van der Waals surface area contributed by atoms with Gasteiger partial charge in [-0.3, -0.25) is 14.5 Å². The summed E-state index contributed by atoms with van der Waals surface area (Å²) >= 11 is 0. The SMILES string of the molecule is CCCCNC(=O)CN1CCC(C(=O)N2CCCCCC2)CC1. The molecule has 23 heavy (non-hydrogen) atoms. The molecule has 2 fully saturated rings. The molecule has 0 radical (unpaired) electrons. The van der Waals surface area contributed by atoms with Crippen LogP contribution in [-0.2, 0) is 9.59 Å². The van der Waals surface area contributed by atoms with Crippen LogP contribution in [-0.4, -0.2) is 60.9 Å². The highest BCUT2D eigenvalue weighted by atomic mass is 16.2. The summed E-state index contributed by atoms with van der Waals surface area (Å²) in [6, 6.07) is 0. The molecule has 132 valence electrons. The Morgan fingerprint density at radius 3 is 2.26 bits per heavy atom. The van der Waals surface area contributed by atoms with Crippen LogP contribution in [0, 0.1) is 5.92 Å². The van der Waals surface area contributed by atoms with Crippen molar-refractivity contribution in [3.8, 4) is 0 Å². The highest BCUT2D eigenvalue weighted by Gasteiger charge is 2.29. The highest BCUT2D eigenvalue weighted by Crippen LogP contribution is 2.21. The van der Waals surface area contributed by atoms with Crippen LogP contribution in [0.3, 0.4) is 0 Å². The zero-order valence-electron chi connectivity index (χ0n) is 14.7. The number of piperidine rings is 1. The van der Waals surface area contributed by atoms with Crippen molar-refractivity contribution in [2.45, 2.75) is 58.3 Å². The van der Waals surface area contributed by atoms with Gasteiger partial charge in [-0.15, -0.1) is 0 Å². The van der Waals surface area contributed by atoms with Gasteiger partial charge >= 0.3 is 0 Å². The number of nitrogens with one attached hydrogen (secondary N) is 1. The molecule has 0 bridgehead atoms. The number of carbonyl (C=O) groups is 2. The van der Waals surface area contributed by atoms with E-state index in [9.17, 15) is 9.59 Å². The molecule has 0 unspecified atom stereocenters. The first-order chi connectivity index (χ1) is 11.2. The van der Waals surface area contributed by atoms with E-state index >= 15 is 0 Å². The summed E-state index contributed by atoms with van der Waals surface area (Å²) in [5.41, 5.74) is 0. The van der Waals surface area contributed by atoms with Gasteiger partial charge in [-0.25, -0.2) is 0 Å². The van der Waals surface area contributed by atoms with Crippen LogP contribution >= 0.6 is 0 Å². The van der Waals surface area contributed by atoms with E-state index in [1.807, 2.05) is 0 Å². The summed E-state index contributed by atoms with van der Waals surface area (Å²) in [5.74, 6) is 0.655. The van der Waals surface area contributed by atoms with Crippen LogP contribution in [0.4, 0.5) is 0 Å². The molecule has 2 aliphatic heterocycles. The first-order valence-corrected chi connectivity index (χ1v) is 9.48. The molecule has 0 aliphatic carbocycles. The van der Waals surface area contributed by atoms with Crippen molar-refractivity contribution in [3.63, 3.8) is 0 Å². The molecule has 2 heterocycles. The maximum Gasteiger partial charge on any atom is 0.234 e. The minimum atomic E-state index is 0.121. The zero-order chi connectivity index (χ0) is 16.5. The predicted molar refractivity (Wildman–Crippen MR) is 92.1 cm³/mol. The van der Waals surface area contributed by atoms with E-state index in [4.69, 9.17) is 0 Å². The number of unbranched alkanes of at least 4 members (excludes halogenated alkanes) is 1. The van der Waals surface area contributed by atoms with Gasteiger partial charge in [0.1, 0.15) is 0 Å². The zero-order valence-corrected chi connectivity index (χ0v) is 14.7. The molecule has 2 rings (SSSR count). The van der Waals surface area contributed by atoms with E-state index in [1.165, 1.54) is 12.8 Å². The number of likely N-dealkylation sites (tertiary alicyclic amines) is 2. The molecule has 2 aliphatic rings. The van der Waals surface area contributed by atoms with Gasteiger partial charge in [0.15, 0.2) is 0 Å². The summed E-state index contributed by atoms with van der Waals surface area (Å²) in [6.07, 6.45) is 8.77. The summed E-state index contributed by atoms with van der Waals surface area (Å²) in [6.45, 7) is 7.00. The molecule has 0 aromatic heterocycles. The quantitative estimate of drug-likeness (QED) is 0.761. The molecule has 5 nitrogen and oxygen atoms in total. The van der Waals surface area contributed by atoms with Gasteiger partial charge in [0.05, 0.1) is 6.54 Å². The fourth-order valence-electron chi connectivity index (χ4n) is 3.55. The second kappa shape index (κ2) is 9.91. The number of rotatable bonds is 6. The Morgan fingerprint density at radius 1 is 1.00 bits per heavy atom. The first-order valence-electron chi connectivity index (χ1n) is 9.48. The fraction of sp³-hybridized carbons (Fsp3) is 0.889. The first kappa shape index (κ1) is 18.2. The Labute approximate surface area is 140 Å². The van der Waals surface area contributed by atoms with Crippen LogP contribution < -0.4 is 5.32 Å². The number of hydrogen-bond donors (Lipinski definition) is 1. The Balaban J connectivity index is 1.68. The molecule has 0 aromatic rings. The van der Waals surface area contributed by atoms with Crippen molar-refractivity contribution in [1.29, 1.82) is 0 Å². The van der Waals surface area contributed by atoms with Gasteiger partial charge in [-0.2, -0.15) is 0 Å². The van der Waals surface area contributed by atoms with Gasteiger partial charge in [-0.05, 0) is 45.2 Å². The number of amides is 2. The molecular formula is C18H33N3O2. The average molecular weight is 323 g/mol. The minimum Gasteiger partial charge on any atom is -0.355 e. The molecule has 5 heteroatoms. The molecule has 0 aromatic carbocycles. The second-order valence-corrected chi connectivity index (χ2v) is 6.99. The van der Waals surface area contributed by atoms with E-state index < -0.39 is 0 Å². The predicted octanol–water partition coefficient (Wildman–Crippen LogP) is 2.02. The van der Waals surface area contributed by atoms with E-state index in [1.54, 1.807) is 0 Å². The molecule has 0 atom stereocenters. The third kappa shape index (κ3) is 6.13. The minimum absolute atomic E-state index is 0.121. The Morgan fingerprint density at radius 2 is 1.65 bits per heavy atom. The van der Waals surface area contributed by atoms with Crippen molar-refractivity contribution < 1.29 is 9.59 Å². The van der Waals surface area contributed by atoms with Crippen molar-refractivity contribution in [1.82, 2.24) is 15.1 Å².